The van der Waals surface area contributed by atoms with Gasteiger partial charge in [-0.15, -0.1) is 0 Å². The van der Waals surface area contributed by atoms with Crippen molar-refractivity contribution in [2.45, 2.75) is 39.2 Å². The molecule has 0 amide bonds. The van der Waals surface area contributed by atoms with Crippen LogP contribution in [0.2, 0.25) is 0 Å². The summed E-state index contributed by atoms with van der Waals surface area (Å²) in [5.41, 5.74) is 0.599. The summed E-state index contributed by atoms with van der Waals surface area (Å²) in [7, 11) is 0. The van der Waals surface area contributed by atoms with Crippen molar-refractivity contribution in [3.63, 3.8) is 0 Å². The molecule has 114 valence electrons. The Morgan fingerprint density at radius 3 is 3.00 bits per heavy atom. The third-order valence-corrected chi connectivity index (χ3v) is 3.86. The summed E-state index contributed by atoms with van der Waals surface area (Å²) in [4.78, 5) is 4.33. The van der Waals surface area contributed by atoms with Gasteiger partial charge in [0, 0.05) is 22.5 Å². The van der Waals surface area contributed by atoms with Crippen molar-refractivity contribution in [3.05, 3.63) is 34.4 Å². The minimum atomic E-state index is -0.322. The standard InChI is InChI=1S/C15H19BrFN3O/c1-3-8-18-10(2)4-7-14-19-15(20-21-14)12-9-11(17)5-6-13(12)16/h5-6,9-10,18H,3-4,7-8H2,1-2H3. The highest BCUT2D eigenvalue weighted by Crippen LogP contribution is 2.26. The Labute approximate surface area is 132 Å². The van der Waals surface area contributed by atoms with E-state index in [1.165, 1.54) is 12.1 Å². The zero-order valence-corrected chi connectivity index (χ0v) is 13.8. The predicted molar refractivity (Wildman–Crippen MR) is 83.5 cm³/mol. The number of hydrogen-bond donors (Lipinski definition) is 1. The molecule has 0 bridgehead atoms. The Morgan fingerprint density at radius 1 is 1.43 bits per heavy atom. The molecule has 4 nitrogen and oxygen atoms in total. The highest BCUT2D eigenvalue weighted by molar-refractivity contribution is 9.10. The molecule has 6 heteroatoms. The average molecular weight is 356 g/mol. The van der Waals surface area contributed by atoms with Crippen LogP contribution < -0.4 is 5.32 Å². The molecule has 0 radical (unpaired) electrons. The van der Waals surface area contributed by atoms with Crippen molar-refractivity contribution in [3.8, 4) is 11.4 Å². The molecule has 0 aliphatic carbocycles. The average Bonchev–Trinajstić information content (AvgIpc) is 2.94. The molecule has 2 rings (SSSR count). The fourth-order valence-corrected chi connectivity index (χ4v) is 2.39. The molecule has 2 aromatic rings. The molecule has 0 spiro atoms. The molecule has 0 aliphatic rings. The second kappa shape index (κ2) is 7.66. The van der Waals surface area contributed by atoms with Crippen molar-refractivity contribution >= 4 is 15.9 Å². The van der Waals surface area contributed by atoms with Crippen LogP contribution in [0.15, 0.2) is 27.2 Å². The van der Waals surface area contributed by atoms with Crippen LogP contribution in [-0.4, -0.2) is 22.7 Å². The van der Waals surface area contributed by atoms with E-state index in [0.717, 1.165) is 23.9 Å². The maximum atomic E-state index is 13.3. The molecular formula is C15H19BrFN3O. The Bertz CT molecular complexity index is 588. The Kier molecular flexibility index (Phi) is 5.87. The van der Waals surface area contributed by atoms with Gasteiger partial charge in [0.05, 0.1) is 0 Å². The van der Waals surface area contributed by atoms with Gasteiger partial charge in [0.2, 0.25) is 11.7 Å². The van der Waals surface area contributed by atoms with Crippen LogP contribution in [0.1, 0.15) is 32.6 Å². The van der Waals surface area contributed by atoms with E-state index in [1.807, 2.05) is 0 Å². The summed E-state index contributed by atoms with van der Waals surface area (Å²) in [6.45, 7) is 5.28. The maximum Gasteiger partial charge on any atom is 0.227 e. The summed E-state index contributed by atoms with van der Waals surface area (Å²) < 4.78 is 19.3. The first-order chi connectivity index (χ1) is 10.1. The van der Waals surface area contributed by atoms with E-state index in [4.69, 9.17) is 4.52 Å². The minimum absolute atomic E-state index is 0.322. The zero-order chi connectivity index (χ0) is 15.2. The summed E-state index contributed by atoms with van der Waals surface area (Å²) in [5, 5.41) is 7.34. The fraction of sp³-hybridized carbons (Fsp3) is 0.467. The van der Waals surface area contributed by atoms with Crippen LogP contribution in [-0.2, 0) is 6.42 Å². The van der Waals surface area contributed by atoms with E-state index < -0.39 is 0 Å². The number of hydrogen-bond acceptors (Lipinski definition) is 4. The van der Waals surface area contributed by atoms with Crippen LogP contribution in [0.5, 0.6) is 0 Å². The lowest BCUT2D eigenvalue weighted by atomic mass is 10.2. The molecule has 1 aromatic heterocycles. The lowest BCUT2D eigenvalue weighted by Gasteiger charge is -2.10. The molecule has 1 N–H and O–H groups in total. The molecule has 0 fully saturated rings. The van der Waals surface area contributed by atoms with Gasteiger partial charge in [0.1, 0.15) is 5.82 Å². The molecule has 0 saturated carbocycles. The van der Waals surface area contributed by atoms with E-state index in [0.29, 0.717) is 29.7 Å². The van der Waals surface area contributed by atoms with Crippen LogP contribution in [0.3, 0.4) is 0 Å². The van der Waals surface area contributed by atoms with Gasteiger partial charge in [0.25, 0.3) is 0 Å². The van der Waals surface area contributed by atoms with Crippen molar-refractivity contribution in [2.75, 3.05) is 6.54 Å². The fourth-order valence-electron chi connectivity index (χ4n) is 1.97. The van der Waals surface area contributed by atoms with Crippen LogP contribution in [0, 0.1) is 5.82 Å². The van der Waals surface area contributed by atoms with Crippen molar-refractivity contribution in [1.29, 1.82) is 0 Å². The smallest absolute Gasteiger partial charge is 0.227 e. The lowest BCUT2D eigenvalue weighted by Crippen LogP contribution is -2.27. The maximum absolute atomic E-state index is 13.3. The van der Waals surface area contributed by atoms with Crippen LogP contribution in [0.4, 0.5) is 4.39 Å². The third-order valence-electron chi connectivity index (χ3n) is 3.17. The van der Waals surface area contributed by atoms with Gasteiger partial charge in [-0.05, 0) is 44.5 Å². The topological polar surface area (TPSA) is 51.0 Å². The predicted octanol–water partition coefficient (Wildman–Crippen LogP) is 3.96. The van der Waals surface area contributed by atoms with E-state index in [9.17, 15) is 4.39 Å². The largest absolute Gasteiger partial charge is 0.339 e. The summed E-state index contributed by atoms with van der Waals surface area (Å²) >= 11 is 3.37. The van der Waals surface area contributed by atoms with Crippen LogP contribution in [0.25, 0.3) is 11.4 Å². The van der Waals surface area contributed by atoms with Gasteiger partial charge >= 0.3 is 0 Å². The SMILES string of the molecule is CCCNC(C)CCc1nc(-c2cc(F)ccc2Br)no1. The number of aryl methyl sites for hydroxylation is 1. The van der Waals surface area contributed by atoms with Gasteiger partial charge in [-0.3, -0.25) is 0 Å². The molecule has 1 atom stereocenters. The molecule has 1 aromatic carbocycles. The van der Waals surface area contributed by atoms with Crippen molar-refractivity contribution < 1.29 is 8.91 Å². The minimum Gasteiger partial charge on any atom is -0.339 e. The highest BCUT2D eigenvalue weighted by atomic mass is 79.9. The van der Waals surface area contributed by atoms with E-state index in [2.05, 4.69) is 45.2 Å². The number of nitrogens with zero attached hydrogens (tertiary/aromatic N) is 2. The van der Waals surface area contributed by atoms with Gasteiger partial charge in [-0.2, -0.15) is 4.98 Å². The quantitative estimate of drug-likeness (QED) is 0.816. The molecular weight excluding hydrogens is 337 g/mol. The number of benzene rings is 1. The number of halogens is 2. The van der Waals surface area contributed by atoms with Crippen molar-refractivity contribution in [1.82, 2.24) is 15.5 Å². The zero-order valence-electron chi connectivity index (χ0n) is 12.2. The van der Waals surface area contributed by atoms with E-state index >= 15 is 0 Å². The van der Waals surface area contributed by atoms with Gasteiger partial charge in [-0.1, -0.05) is 28.0 Å². The second-order valence-electron chi connectivity index (χ2n) is 5.03. The molecule has 0 aliphatic heterocycles. The van der Waals surface area contributed by atoms with E-state index in [1.54, 1.807) is 6.07 Å². The molecule has 1 unspecified atom stereocenters. The Hall–Kier alpha value is -1.27. The summed E-state index contributed by atoms with van der Waals surface area (Å²) in [6.07, 6.45) is 2.74. The van der Waals surface area contributed by atoms with Crippen molar-refractivity contribution in [2.24, 2.45) is 0 Å². The summed E-state index contributed by atoms with van der Waals surface area (Å²) in [5.74, 6) is 0.661. The molecule has 21 heavy (non-hydrogen) atoms. The first kappa shape index (κ1) is 16.1. The van der Waals surface area contributed by atoms with Gasteiger partial charge < -0.3 is 9.84 Å². The number of nitrogens with one attached hydrogen (secondary N) is 1. The first-order valence-corrected chi connectivity index (χ1v) is 7.91. The Balaban J connectivity index is 2.00. The summed E-state index contributed by atoms with van der Waals surface area (Å²) in [6, 6.07) is 4.82. The third kappa shape index (κ3) is 4.61. The van der Waals surface area contributed by atoms with Gasteiger partial charge in [0.15, 0.2) is 0 Å². The number of aromatic nitrogens is 2. The molecule has 1 heterocycles. The molecule has 0 saturated heterocycles. The van der Waals surface area contributed by atoms with Gasteiger partial charge in [-0.25, -0.2) is 4.39 Å². The normalized spacial score (nSPS) is 12.6. The highest BCUT2D eigenvalue weighted by Gasteiger charge is 2.13. The number of rotatable bonds is 7. The second-order valence-corrected chi connectivity index (χ2v) is 5.88. The lowest BCUT2D eigenvalue weighted by molar-refractivity contribution is 0.367. The van der Waals surface area contributed by atoms with E-state index in [-0.39, 0.29) is 5.82 Å². The first-order valence-electron chi connectivity index (χ1n) is 7.11. The monoisotopic (exact) mass is 355 g/mol. The van der Waals surface area contributed by atoms with Crippen LogP contribution >= 0.6 is 15.9 Å². The Morgan fingerprint density at radius 2 is 2.24 bits per heavy atom.